The van der Waals surface area contributed by atoms with Crippen LogP contribution in [0.25, 0.3) is 0 Å². The van der Waals surface area contributed by atoms with Crippen LogP contribution in [0.3, 0.4) is 0 Å². The van der Waals surface area contributed by atoms with E-state index in [-0.39, 0.29) is 11.7 Å². The summed E-state index contributed by atoms with van der Waals surface area (Å²) in [6.07, 6.45) is 3.61. The molecule has 2 fully saturated rings. The van der Waals surface area contributed by atoms with E-state index >= 15 is 0 Å². The van der Waals surface area contributed by atoms with Crippen LogP contribution in [0.4, 0.5) is 5.69 Å². The van der Waals surface area contributed by atoms with Gasteiger partial charge in [-0.1, -0.05) is 24.0 Å². The Hall–Kier alpha value is -1.60. The zero-order valence-electron chi connectivity index (χ0n) is 17.6. The Morgan fingerprint density at radius 1 is 1.03 bits per heavy atom. The molecule has 2 aliphatic heterocycles. The first-order valence-corrected chi connectivity index (χ1v) is 11.8. The first-order chi connectivity index (χ1) is 13.9. The van der Waals surface area contributed by atoms with Crippen molar-refractivity contribution in [3.63, 3.8) is 0 Å². The summed E-state index contributed by atoms with van der Waals surface area (Å²) in [5.41, 5.74) is 1.83. The third kappa shape index (κ3) is 5.51. The van der Waals surface area contributed by atoms with E-state index in [1.807, 2.05) is 29.2 Å². The quantitative estimate of drug-likeness (QED) is 0.531. The van der Waals surface area contributed by atoms with Crippen molar-refractivity contribution in [1.29, 1.82) is 0 Å². The largest absolute Gasteiger partial charge is 0.368 e. The molecule has 0 aromatic heterocycles. The highest BCUT2D eigenvalue weighted by atomic mass is 32.2. The molecule has 0 saturated carbocycles. The van der Waals surface area contributed by atoms with E-state index in [0.29, 0.717) is 17.8 Å². The highest BCUT2D eigenvalue weighted by Gasteiger charge is 2.28. The van der Waals surface area contributed by atoms with Gasteiger partial charge in [0.2, 0.25) is 5.91 Å². The molecule has 158 valence electrons. The van der Waals surface area contributed by atoms with Crippen LogP contribution in [0.2, 0.25) is 0 Å². The maximum atomic E-state index is 12.7. The van der Waals surface area contributed by atoms with Crippen LogP contribution in [0.1, 0.15) is 50.4 Å². The van der Waals surface area contributed by atoms with E-state index in [2.05, 4.69) is 23.6 Å². The molecule has 0 radical (unpaired) electrons. The van der Waals surface area contributed by atoms with Gasteiger partial charge in [0.05, 0.1) is 5.75 Å². The number of likely N-dealkylation sites (tertiary alicyclic amines) is 1. The predicted octanol–water partition coefficient (Wildman–Crippen LogP) is 3.82. The number of carbonyl (C=O) groups is 2. The van der Waals surface area contributed by atoms with Gasteiger partial charge in [-0.15, -0.1) is 0 Å². The lowest BCUT2D eigenvalue weighted by Crippen LogP contribution is -2.50. The minimum Gasteiger partial charge on any atom is -0.368 e. The zero-order valence-corrected chi connectivity index (χ0v) is 19.2. The average Bonchev–Trinajstić information content (AvgIpc) is 2.72. The first kappa shape index (κ1) is 22.1. The maximum absolute atomic E-state index is 12.7. The second-order valence-corrected chi connectivity index (χ2v) is 9.67. The lowest BCUT2D eigenvalue weighted by Gasteiger charge is -2.40. The normalized spacial score (nSPS) is 22.5. The second kappa shape index (κ2) is 9.94. The molecule has 29 heavy (non-hydrogen) atoms. The summed E-state index contributed by atoms with van der Waals surface area (Å²) in [6.45, 7) is 9.09. The van der Waals surface area contributed by atoms with Gasteiger partial charge in [-0.2, -0.15) is 0 Å². The topological polar surface area (TPSA) is 43.9 Å². The van der Waals surface area contributed by atoms with Gasteiger partial charge in [-0.25, -0.2) is 0 Å². The monoisotopic (exact) mass is 433 g/mol. The number of amides is 1. The van der Waals surface area contributed by atoms with E-state index in [1.165, 1.54) is 31.0 Å². The second-order valence-electron chi connectivity index (χ2n) is 8.06. The summed E-state index contributed by atoms with van der Waals surface area (Å²) < 4.78 is 0.863. The van der Waals surface area contributed by atoms with Crippen molar-refractivity contribution in [3.8, 4) is 0 Å². The van der Waals surface area contributed by atoms with Gasteiger partial charge in [0.1, 0.15) is 4.32 Å². The molecule has 5 nitrogen and oxygen atoms in total. The van der Waals surface area contributed by atoms with Crippen LogP contribution in [-0.4, -0.2) is 69.8 Å². The molecule has 0 bridgehead atoms. The van der Waals surface area contributed by atoms with Gasteiger partial charge in [0, 0.05) is 49.5 Å². The molecule has 1 amide bonds. The molecule has 7 heteroatoms. The van der Waals surface area contributed by atoms with Crippen molar-refractivity contribution < 1.29 is 9.59 Å². The highest BCUT2D eigenvalue weighted by Crippen LogP contribution is 2.27. The van der Waals surface area contributed by atoms with E-state index in [4.69, 9.17) is 12.2 Å². The number of rotatable bonds is 4. The number of hydrogen-bond donors (Lipinski definition) is 0. The van der Waals surface area contributed by atoms with Gasteiger partial charge in [-0.05, 0) is 64.3 Å². The number of ketones is 1. The van der Waals surface area contributed by atoms with Crippen LogP contribution in [-0.2, 0) is 4.79 Å². The Bertz CT molecular complexity index is 735. The Balaban J connectivity index is 1.46. The zero-order chi connectivity index (χ0) is 21.0. The maximum Gasteiger partial charge on any atom is 0.233 e. The van der Waals surface area contributed by atoms with Crippen molar-refractivity contribution in [2.75, 3.05) is 36.8 Å². The third-order valence-corrected chi connectivity index (χ3v) is 7.41. The summed E-state index contributed by atoms with van der Waals surface area (Å²) in [5, 5.41) is 0. The number of piperazine rings is 1. The molecule has 0 aliphatic carbocycles. The average molecular weight is 434 g/mol. The molecule has 0 spiro atoms. The SMILES string of the molecule is CC(=O)c1ccc(N2CCN(C(=O)CSC(=S)N3C(C)CCCC3C)CC2)cc1. The number of nitrogens with zero attached hydrogens (tertiary/aromatic N) is 3. The van der Waals surface area contributed by atoms with Crippen LogP contribution in [0.15, 0.2) is 24.3 Å². The number of piperidine rings is 1. The number of thiocarbonyl (C=S) groups is 1. The van der Waals surface area contributed by atoms with Gasteiger partial charge in [-0.3, -0.25) is 9.59 Å². The standard InChI is InChI=1S/C22H31N3O2S2/c1-16-5-4-6-17(2)25(16)22(28)29-15-21(27)24-13-11-23(12-14-24)20-9-7-19(8-10-20)18(3)26/h7-10,16-17H,4-6,11-15H2,1-3H3. The minimum absolute atomic E-state index is 0.0794. The Kier molecular flexibility index (Phi) is 7.57. The molecule has 2 heterocycles. The van der Waals surface area contributed by atoms with Crippen LogP contribution in [0, 0.1) is 0 Å². The van der Waals surface area contributed by atoms with E-state index in [0.717, 1.165) is 41.8 Å². The number of Topliss-reactive ketones (excluding diaryl/α,β-unsaturated/α-hetero) is 1. The number of carbonyl (C=O) groups excluding carboxylic acids is 2. The number of hydrogen-bond acceptors (Lipinski definition) is 5. The molecule has 2 atom stereocenters. The molecule has 1 aromatic rings. The van der Waals surface area contributed by atoms with Crippen molar-refractivity contribution in [1.82, 2.24) is 9.80 Å². The van der Waals surface area contributed by atoms with Gasteiger partial charge >= 0.3 is 0 Å². The fraction of sp³-hybridized carbons (Fsp3) is 0.591. The van der Waals surface area contributed by atoms with Crippen molar-refractivity contribution in [3.05, 3.63) is 29.8 Å². The molecule has 1 aromatic carbocycles. The lowest BCUT2D eigenvalue weighted by atomic mass is 9.99. The lowest BCUT2D eigenvalue weighted by molar-refractivity contribution is -0.128. The summed E-state index contributed by atoms with van der Waals surface area (Å²) in [7, 11) is 0. The fourth-order valence-electron chi connectivity index (χ4n) is 4.19. The molecule has 2 saturated heterocycles. The van der Waals surface area contributed by atoms with Gasteiger partial charge in [0.15, 0.2) is 5.78 Å². The van der Waals surface area contributed by atoms with E-state index in [9.17, 15) is 9.59 Å². The Morgan fingerprint density at radius 2 is 1.62 bits per heavy atom. The molecule has 2 unspecified atom stereocenters. The summed E-state index contributed by atoms with van der Waals surface area (Å²) >= 11 is 7.16. The number of thioether (sulfide) groups is 1. The number of benzene rings is 1. The molecule has 2 aliphatic rings. The van der Waals surface area contributed by atoms with Crippen LogP contribution < -0.4 is 4.90 Å². The Morgan fingerprint density at radius 3 is 2.17 bits per heavy atom. The molecule has 0 N–H and O–H groups in total. The number of anilines is 1. The van der Waals surface area contributed by atoms with Crippen LogP contribution >= 0.6 is 24.0 Å². The molecular formula is C22H31N3O2S2. The van der Waals surface area contributed by atoms with Gasteiger partial charge in [0.25, 0.3) is 0 Å². The smallest absolute Gasteiger partial charge is 0.233 e. The molecule has 3 rings (SSSR count). The van der Waals surface area contributed by atoms with Crippen molar-refractivity contribution in [2.45, 2.75) is 52.1 Å². The third-order valence-electron chi connectivity index (χ3n) is 5.99. The summed E-state index contributed by atoms with van der Waals surface area (Å²) in [6, 6.07) is 8.65. The molecular weight excluding hydrogens is 402 g/mol. The van der Waals surface area contributed by atoms with Crippen molar-refractivity contribution in [2.24, 2.45) is 0 Å². The highest BCUT2D eigenvalue weighted by molar-refractivity contribution is 8.23. The minimum atomic E-state index is 0.0794. The van der Waals surface area contributed by atoms with Crippen LogP contribution in [0.5, 0.6) is 0 Å². The summed E-state index contributed by atoms with van der Waals surface area (Å²) in [5.74, 6) is 0.666. The fourth-order valence-corrected chi connectivity index (χ4v) is 5.67. The summed E-state index contributed by atoms with van der Waals surface area (Å²) in [4.78, 5) is 30.6. The first-order valence-electron chi connectivity index (χ1n) is 10.5. The Labute approximate surface area is 183 Å². The van der Waals surface area contributed by atoms with E-state index < -0.39 is 0 Å². The van der Waals surface area contributed by atoms with Crippen molar-refractivity contribution >= 4 is 45.7 Å². The predicted molar refractivity (Wildman–Crippen MR) is 125 cm³/mol. The van der Waals surface area contributed by atoms with E-state index in [1.54, 1.807) is 6.92 Å². The van der Waals surface area contributed by atoms with Gasteiger partial charge < -0.3 is 14.7 Å².